The Bertz CT molecular complexity index is 533. The zero-order valence-corrected chi connectivity index (χ0v) is 13.4. The second-order valence-electron chi connectivity index (χ2n) is 5.84. The van der Waals surface area contributed by atoms with Crippen molar-refractivity contribution in [2.24, 2.45) is 5.92 Å². The van der Waals surface area contributed by atoms with Crippen molar-refractivity contribution in [3.63, 3.8) is 0 Å². The molecular formula is C20H26O. The highest BCUT2D eigenvalue weighted by atomic mass is 16.5. The Kier molecular flexibility index (Phi) is 5.86. The molecule has 2 atom stereocenters. The molecule has 21 heavy (non-hydrogen) atoms. The van der Waals surface area contributed by atoms with Gasteiger partial charge in [-0.2, -0.15) is 0 Å². The molecule has 1 heteroatoms. The monoisotopic (exact) mass is 282 g/mol. The fourth-order valence-electron chi connectivity index (χ4n) is 2.99. The largest absolute Gasteiger partial charge is 0.496 e. The second-order valence-corrected chi connectivity index (χ2v) is 5.84. The molecule has 0 N–H and O–H groups in total. The van der Waals surface area contributed by atoms with Crippen LogP contribution in [0.4, 0.5) is 0 Å². The highest BCUT2D eigenvalue weighted by Crippen LogP contribution is 2.29. The Hall–Kier alpha value is -1.76. The standard InChI is InChI=1S/C20H26O/c1-4-17(14-16(2)18-10-6-5-7-11-18)15-19-12-8-9-13-20(19)21-3/h5-13,16-17H,4,14-15H2,1-3H3/t16-,17-/m1/s1. The minimum atomic E-state index is 0.603. The number of hydrogen-bond acceptors (Lipinski definition) is 1. The van der Waals surface area contributed by atoms with E-state index in [0.29, 0.717) is 11.8 Å². The van der Waals surface area contributed by atoms with Gasteiger partial charge < -0.3 is 4.74 Å². The van der Waals surface area contributed by atoms with E-state index in [0.717, 1.165) is 12.2 Å². The van der Waals surface area contributed by atoms with Gasteiger partial charge in [0.2, 0.25) is 0 Å². The minimum absolute atomic E-state index is 0.603. The number of ether oxygens (including phenoxy) is 1. The van der Waals surface area contributed by atoms with Crippen molar-refractivity contribution in [1.82, 2.24) is 0 Å². The molecule has 0 saturated heterocycles. The lowest BCUT2D eigenvalue weighted by Crippen LogP contribution is -2.09. The summed E-state index contributed by atoms with van der Waals surface area (Å²) in [7, 11) is 1.76. The maximum absolute atomic E-state index is 5.48. The molecule has 0 aliphatic rings. The first-order chi connectivity index (χ1) is 10.2. The summed E-state index contributed by atoms with van der Waals surface area (Å²) in [4.78, 5) is 0. The van der Waals surface area contributed by atoms with Crippen molar-refractivity contribution in [1.29, 1.82) is 0 Å². The molecule has 0 fully saturated rings. The molecule has 0 aromatic heterocycles. The topological polar surface area (TPSA) is 9.23 Å². The van der Waals surface area contributed by atoms with E-state index in [9.17, 15) is 0 Å². The van der Waals surface area contributed by atoms with Crippen LogP contribution in [0.15, 0.2) is 54.6 Å². The van der Waals surface area contributed by atoms with Crippen LogP contribution in [0.2, 0.25) is 0 Å². The van der Waals surface area contributed by atoms with Crippen molar-refractivity contribution < 1.29 is 4.74 Å². The van der Waals surface area contributed by atoms with Crippen LogP contribution in [0.1, 0.15) is 43.7 Å². The van der Waals surface area contributed by atoms with Crippen LogP contribution in [0.3, 0.4) is 0 Å². The third kappa shape index (κ3) is 4.35. The van der Waals surface area contributed by atoms with Crippen molar-refractivity contribution in [2.75, 3.05) is 7.11 Å². The Morgan fingerprint density at radius 3 is 2.29 bits per heavy atom. The van der Waals surface area contributed by atoms with Crippen LogP contribution >= 0.6 is 0 Å². The van der Waals surface area contributed by atoms with Crippen molar-refractivity contribution in [3.8, 4) is 5.75 Å². The molecule has 1 nitrogen and oxygen atoms in total. The summed E-state index contributed by atoms with van der Waals surface area (Å²) in [6, 6.07) is 19.2. The first-order valence-electron chi connectivity index (χ1n) is 7.91. The van der Waals surface area contributed by atoms with E-state index < -0.39 is 0 Å². The van der Waals surface area contributed by atoms with Crippen LogP contribution in [0.25, 0.3) is 0 Å². The van der Waals surface area contributed by atoms with Gasteiger partial charge in [0.05, 0.1) is 7.11 Å². The van der Waals surface area contributed by atoms with Gasteiger partial charge in [0.25, 0.3) is 0 Å². The summed E-state index contributed by atoms with van der Waals surface area (Å²) >= 11 is 0. The smallest absolute Gasteiger partial charge is 0.122 e. The fourth-order valence-corrected chi connectivity index (χ4v) is 2.99. The lowest BCUT2D eigenvalue weighted by molar-refractivity contribution is 0.392. The second kappa shape index (κ2) is 7.87. The third-order valence-corrected chi connectivity index (χ3v) is 4.33. The predicted molar refractivity (Wildman–Crippen MR) is 90.0 cm³/mol. The van der Waals surface area contributed by atoms with Gasteiger partial charge in [-0.3, -0.25) is 0 Å². The Labute approximate surface area is 129 Å². The van der Waals surface area contributed by atoms with E-state index in [-0.39, 0.29) is 0 Å². The maximum Gasteiger partial charge on any atom is 0.122 e. The molecule has 0 saturated carbocycles. The van der Waals surface area contributed by atoms with E-state index in [2.05, 4.69) is 62.4 Å². The molecular weight excluding hydrogens is 256 g/mol. The van der Waals surface area contributed by atoms with Crippen LogP contribution in [-0.2, 0) is 6.42 Å². The van der Waals surface area contributed by atoms with Crippen LogP contribution in [0, 0.1) is 5.92 Å². The van der Waals surface area contributed by atoms with Gasteiger partial charge in [0, 0.05) is 0 Å². The molecule has 0 aliphatic carbocycles. The average Bonchev–Trinajstić information content (AvgIpc) is 2.55. The Morgan fingerprint density at radius 2 is 1.62 bits per heavy atom. The lowest BCUT2D eigenvalue weighted by Gasteiger charge is -2.21. The number of benzene rings is 2. The summed E-state index contributed by atoms with van der Waals surface area (Å²) in [5, 5.41) is 0. The Morgan fingerprint density at radius 1 is 0.952 bits per heavy atom. The molecule has 2 aromatic carbocycles. The van der Waals surface area contributed by atoms with Crippen LogP contribution in [-0.4, -0.2) is 7.11 Å². The summed E-state index contributed by atoms with van der Waals surface area (Å²) in [6.07, 6.45) is 3.52. The molecule has 0 amide bonds. The van der Waals surface area contributed by atoms with Gasteiger partial charge in [0.15, 0.2) is 0 Å². The van der Waals surface area contributed by atoms with Gasteiger partial charge in [-0.05, 0) is 41.9 Å². The molecule has 0 heterocycles. The lowest BCUT2D eigenvalue weighted by atomic mass is 9.85. The highest BCUT2D eigenvalue weighted by molar-refractivity contribution is 5.33. The van der Waals surface area contributed by atoms with E-state index in [4.69, 9.17) is 4.74 Å². The molecule has 2 aromatic rings. The van der Waals surface area contributed by atoms with Crippen LogP contribution < -0.4 is 4.74 Å². The number of methoxy groups -OCH3 is 1. The van der Waals surface area contributed by atoms with Gasteiger partial charge >= 0.3 is 0 Å². The van der Waals surface area contributed by atoms with Gasteiger partial charge in [0.1, 0.15) is 5.75 Å². The maximum atomic E-state index is 5.48. The quantitative estimate of drug-likeness (QED) is 0.655. The van der Waals surface area contributed by atoms with E-state index in [1.807, 2.05) is 6.07 Å². The molecule has 0 radical (unpaired) electrons. The van der Waals surface area contributed by atoms with Gasteiger partial charge in [-0.1, -0.05) is 68.8 Å². The summed E-state index contributed by atoms with van der Waals surface area (Å²) in [5.74, 6) is 2.31. The number of rotatable bonds is 7. The SMILES string of the molecule is CC[C@@H](Cc1ccccc1OC)C[C@@H](C)c1ccccc1. The van der Waals surface area contributed by atoms with Crippen LogP contribution in [0.5, 0.6) is 5.75 Å². The van der Waals surface area contributed by atoms with Crippen molar-refractivity contribution in [3.05, 3.63) is 65.7 Å². The highest BCUT2D eigenvalue weighted by Gasteiger charge is 2.15. The van der Waals surface area contributed by atoms with Crippen molar-refractivity contribution in [2.45, 2.75) is 39.0 Å². The third-order valence-electron chi connectivity index (χ3n) is 4.33. The van der Waals surface area contributed by atoms with E-state index in [1.54, 1.807) is 7.11 Å². The van der Waals surface area contributed by atoms with Gasteiger partial charge in [-0.25, -0.2) is 0 Å². The zero-order valence-electron chi connectivity index (χ0n) is 13.4. The minimum Gasteiger partial charge on any atom is -0.496 e. The first-order valence-corrected chi connectivity index (χ1v) is 7.91. The molecule has 0 bridgehead atoms. The average molecular weight is 282 g/mol. The van der Waals surface area contributed by atoms with Gasteiger partial charge in [-0.15, -0.1) is 0 Å². The Balaban J connectivity index is 2.03. The summed E-state index contributed by atoms with van der Waals surface area (Å²) in [5.41, 5.74) is 2.77. The molecule has 0 unspecified atom stereocenters. The number of hydrogen-bond donors (Lipinski definition) is 0. The molecule has 112 valence electrons. The molecule has 2 rings (SSSR count). The van der Waals surface area contributed by atoms with E-state index in [1.165, 1.54) is 24.0 Å². The van der Waals surface area contributed by atoms with Crippen molar-refractivity contribution >= 4 is 0 Å². The number of para-hydroxylation sites is 1. The van der Waals surface area contributed by atoms with E-state index >= 15 is 0 Å². The fraction of sp³-hybridized carbons (Fsp3) is 0.400. The summed E-state index contributed by atoms with van der Waals surface area (Å²) < 4.78 is 5.48. The normalized spacial score (nSPS) is 13.7. The molecule has 0 aliphatic heterocycles. The molecule has 0 spiro atoms. The summed E-state index contributed by atoms with van der Waals surface area (Å²) in [6.45, 7) is 4.62. The zero-order chi connectivity index (χ0) is 15.1. The predicted octanol–water partition coefficient (Wildman–Crippen LogP) is 5.46. The first kappa shape index (κ1) is 15.6.